The summed E-state index contributed by atoms with van der Waals surface area (Å²) < 4.78 is 5.83. The molecule has 1 aromatic rings. The minimum absolute atomic E-state index is 0.758. The molecule has 1 fully saturated rings. The summed E-state index contributed by atoms with van der Waals surface area (Å²) in [6, 6.07) is 10.2. The van der Waals surface area contributed by atoms with Crippen molar-refractivity contribution in [2.24, 2.45) is 4.99 Å². The highest BCUT2D eigenvalue weighted by Crippen LogP contribution is 2.44. The molecule has 0 amide bonds. The van der Waals surface area contributed by atoms with Gasteiger partial charge in [-0.2, -0.15) is 0 Å². The van der Waals surface area contributed by atoms with Crippen LogP contribution in [0.25, 0.3) is 0 Å². The number of benzene rings is 1. The highest BCUT2D eigenvalue weighted by atomic mass is 16.5. The SMILES string of the molecule is CCOC1=C2CCCC2=C(C(C)=Nc2ccccc2)C1. The van der Waals surface area contributed by atoms with Gasteiger partial charge >= 0.3 is 0 Å². The van der Waals surface area contributed by atoms with E-state index in [1.165, 1.54) is 41.7 Å². The van der Waals surface area contributed by atoms with Gasteiger partial charge in [0.25, 0.3) is 0 Å². The van der Waals surface area contributed by atoms with Crippen LogP contribution in [0.2, 0.25) is 0 Å². The Morgan fingerprint density at radius 3 is 2.65 bits per heavy atom. The van der Waals surface area contributed by atoms with Crippen LogP contribution >= 0.6 is 0 Å². The summed E-state index contributed by atoms with van der Waals surface area (Å²) in [7, 11) is 0. The second-order valence-corrected chi connectivity index (χ2v) is 5.35. The van der Waals surface area contributed by atoms with Gasteiger partial charge < -0.3 is 4.74 Å². The molecule has 20 heavy (non-hydrogen) atoms. The van der Waals surface area contributed by atoms with Gasteiger partial charge in [0.15, 0.2) is 0 Å². The molecule has 2 nitrogen and oxygen atoms in total. The predicted octanol–water partition coefficient (Wildman–Crippen LogP) is 4.95. The number of hydrogen-bond donors (Lipinski definition) is 0. The molecule has 2 heteroatoms. The van der Waals surface area contributed by atoms with Crippen LogP contribution in [0.4, 0.5) is 5.69 Å². The number of nitrogens with zero attached hydrogens (tertiary/aromatic N) is 1. The zero-order valence-corrected chi connectivity index (χ0v) is 12.3. The Kier molecular flexibility index (Phi) is 3.72. The van der Waals surface area contributed by atoms with Gasteiger partial charge in [-0.15, -0.1) is 0 Å². The molecule has 0 N–H and O–H groups in total. The molecule has 0 saturated heterocycles. The average molecular weight is 267 g/mol. The first kappa shape index (κ1) is 13.2. The second kappa shape index (κ2) is 5.66. The number of para-hydroxylation sites is 1. The van der Waals surface area contributed by atoms with Crippen LogP contribution in [-0.4, -0.2) is 12.3 Å². The molecule has 0 atom stereocenters. The van der Waals surface area contributed by atoms with Crippen molar-refractivity contribution >= 4 is 11.4 Å². The zero-order valence-electron chi connectivity index (χ0n) is 12.3. The van der Waals surface area contributed by atoms with E-state index in [1.54, 1.807) is 0 Å². The molecule has 0 aliphatic heterocycles. The smallest absolute Gasteiger partial charge is 0.104 e. The monoisotopic (exact) mass is 267 g/mol. The molecule has 2 aliphatic rings. The van der Waals surface area contributed by atoms with Crippen LogP contribution in [-0.2, 0) is 4.74 Å². The lowest BCUT2D eigenvalue weighted by atomic mass is 10.0. The van der Waals surface area contributed by atoms with E-state index < -0.39 is 0 Å². The minimum Gasteiger partial charge on any atom is -0.498 e. The van der Waals surface area contributed by atoms with Gasteiger partial charge in [-0.05, 0) is 62.0 Å². The van der Waals surface area contributed by atoms with Crippen molar-refractivity contribution in [3.8, 4) is 0 Å². The fourth-order valence-electron chi connectivity index (χ4n) is 3.18. The standard InChI is InChI=1S/C18H21NO/c1-3-20-18-12-17(15-10-7-11-16(15)18)13(2)19-14-8-5-4-6-9-14/h4-6,8-9H,3,7,10-12H2,1-2H3. The normalized spacial score (nSPS) is 18.8. The van der Waals surface area contributed by atoms with Crippen molar-refractivity contribution in [2.45, 2.75) is 39.5 Å². The third kappa shape index (κ3) is 2.43. The molecule has 104 valence electrons. The van der Waals surface area contributed by atoms with Crippen LogP contribution in [0, 0.1) is 0 Å². The highest BCUT2D eigenvalue weighted by Gasteiger charge is 2.30. The Morgan fingerprint density at radius 1 is 1.15 bits per heavy atom. The number of rotatable bonds is 4. The molecule has 1 aromatic carbocycles. The summed E-state index contributed by atoms with van der Waals surface area (Å²) in [5, 5.41) is 0. The Hall–Kier alpha value is -1.83. The van der Waals surface area contributed by atoms with Gasteiger partial charge in [0.2, 0.25) is 0 Å². The molecule has 1 saturated carbocycles. The lowest BCUT2D eigenvalue weighted by Gasteiger charge is -2.08. The van der Waals surface area contributed by atoms with E-state index in [4.69, 9.17) is 9.73 Å². The summed E-state index contributed by atoms with van der Waals surface area (Å²) in [6.07, 6.45) is 4.54. The minimum atomic E-state index is 0.758. The molecule has 0 bridgehead atoms. The van der Waals surface area contributed by atoms with E-state index in [2.05, 4.69) is 26.0 Å². The van der Waals surface area contributed by atoms with Crippen LogP contribution in [0.15, 0.2) is 57.8 Å². The molecule has 0 radical (unpaired) electrons. The fraction of sp³-hybridized carbons (Fsp3) is 0.389. The van der Waals surface area contributed by atoms with Crippen LogP contribution < -0.4 is 0 Å². The summed E-state index contributed by atoms with van der Waals surface area (Å²) in [5.74, 6) is 1.19. The number of hydrogen-bond acceptors (Lipinski definition) is 2. The molecule has 0 spiro atoms. The summed E-state index contributed by atoms with van der Waals surface area (Å²) >= 11 is 0. The predicted molar refractivity (Wildman–Crippen MR) is 83.4 cm³/mol. The third-order valence-corrected chi connectivity index (χ3v) is 4.06. The van der Waals surface area contributed by atoms with E-state index in [-0.39, 0.29) is 0 Å². The van der Waals surface area contributed by atoms with Gasteiger partial charge in [-0.1, -0.05) is 18.2 Å². The van der Waals surface area contributed by atoms with E-state index in [0.717, 1.165) is 24.4 Å². The molecule has 0 unspecified atom stereocenters. The summed E-state index contributed by atoms with van der Waals surface area (Å²) in [5.41, 5.74) is 6.53. The van der Waals surface area contributed by atoms with Crippen molar-refractivity contribution in [1.29, 1.82) is 0 Å². The first-order valence-corrected chi connectivity index (χ1v) is 7.47. The average Bonchev–Trinajstić information content (AvgIpc) is 3.04. The quantitative estimate of drug-likeness (QED) is 0.707. The Labute approximate surface area is 120 Å². The maximum Gasteiger partial charge on any atom is 0.104 e. The third-order valence-electron chi connectivity index (χ3n) is 4.06. The van der Waals surface area contributed by atoms with Gasteiger partial charge in [0.05, 0.1) is 12.3 Å². The van der Waals surface area contributed by atoms with E-state index in [0.29, 0.717) is 0 Å². The summed E-state index contributed by atoms with van der Waals surface area (Å²) in [6.45, 7) is 4.94. The topological polar surface area (TPSA) is 21.6 Å². The van der Waals surface area contributed by atoms with Crippen molar-refractivity contribution < 1.29 is 4.74 Å². The number of allylic oxidation sites excluding steroid dienone is 3. The second-order valence-electron chi connectivity index (χ2n) is 5.35. The van der Waals surface area contributed by atoms with E-state index in [1.807, 2.05) is 18.2 Å². The van der Waals surface area contributed by atoms with Crippen molar-refractivity contribution in [3.05, 3.63) is 52.8 Å². The first-order chi connectivity index (χ1) is 9.79. The van der Waals surface area contributed by atoms with Crippen molar-refractivity contribution in [3.63, 3.8) is 0 Å². The van der Waals surface area contributed by atoms with Gasteiger partial charge in [0.1, 0.15) is 5.76 Å². The van der Waals surface area contributed by atoms with Crippen LogP contribution in [0.3, 0.4) is 0 Å². The maximum absolute atomic E-state index is 5.83. The Bertz CT molecular complexity index is 593. The molecule has 0 heterocycles. The molecule has 0 aromatic heterocycles. The largest absolute Gasteiger partial charge is 0.498 e. The lowest BCUT2D eigenvalue weighted by Crippen LogP contribution is -1.99. The van der Waals surface area contributed by atoms with Crippen LogP contribution in [0.1, 0.15) is 39.5 Å². The molecule has 2 aliphatic carbocycles. The van der Waals surface area contributed by atoms with Crippen LogP contribution in [0.5, 0.6) is 0 Å². The Morgan fingerprint density at radius 2 is 1.90 bits per heavy atom. The first-order valence-electron chi connectivity index (χ1n) is 7.47. The summed E-state index contributed by atoms with van der Waals surface area (Å²) in [4.78, 5) is 4.77. The molecule has 3 rings (SSSR count). The van der Waals surface area contributed by atoms with Gasteiger partial charge in [-0.3, -0.25) is 4.99 Å². The molecular formula is C18H21NO. The van der Waals surface area contributed by atoms with E-state index >= 15 is 0 Å². The van der Waals surface area contributed by atoms with E-state index in [9.17, 15) is 0 Å². The number of aliphatic imine (C=N–C) groups is 1. The maximum atomic E-state index is 5.83. The fourth-order valence-corrected chi connectivity index (χ4v) is 3.18. The zero-order chi connectivity index (χ0) is 13.9. The van der Waals surface area contributed by atoms with Crippen molar-refractivity contribution in [1.82, 2.24) is 0 Å². The lowest BCUT2D eigenvalue weighted by molar-refractivity contribution is 0.222. The molecular weight excluding hydrogens is 246 g/mol. The Balaban J connectivity index is 1.89. The number of ether oxygens (including phenoxy) is 1. The van der Waals surface area contributed by atoms with Gasteiger partial charge in [-0.25, -0.2) is 0 Å². The highest BCUT2D eigenvalue weighted by molar-refractivity contribution is 6.02. The van der Waals surface area contributed by atoms with Crippen molar-refractivity contribution in [2.75, 3.05) is 6.61 Å². The van der Waals surface area contributed by atoms with Gasteiger partial charge in [0, 0.05) is 12.1 Å². The number of fused-ring (bicyclic) bond motifs is 1.